The predicted octanol–water partition coefficient (Wildman–Crippen LogP) is 1.74. The zero-order valence-electron chi connectivity index (χ0n) is 14.6. The number of ether oxygens (including phenoxy) is 1. The van der Waals surface area contributed by atoms with Crippen molar-refractivity contribution < 1.29 is 19.1 Å². The molecule has 26 heavy (non-hydrogen) atoms. The number of rotatable bonds is 4. The van der Waals surface area contributed by atoms with Crippen molar-refractivity contribution in [3.8, 4) is 0 Å². The number of benzene rings is 1. The van der Waals surface area contributed by atoms with Gasteiger partial charge in [-0.15, -0.1) is 11.8 Å². The minimum absolute atomic E-state index is 0.0691. The van der Waals surface area contributed by atoms with Crippen molar-refractivity contribution in [2.75, 3.05) is 24.2 Å². The second-order valence-corrected chi connectivity index (χ2v) is 7.59. The van der Waals surface area contributed by atoms with Crippen LogP contribution in [0.2, 0.25) is 0 Å². The van der Waals surface area contributed by atoms with Gasteiger partial charge < -0.3 is 15.4 Å². The van der Waals surface area contributed by atoms with E-state index in [-0.39, 0.29) is 23.8 Å². The van der Waals surface area contributed by atoms with Gasteiger partial charge in [-0.1, -0.05) is 18.2 Å². The summed E-state index contributed by atoms with van der Waals surface area (Å²) in [7, 11) is 0. The maximum absolute atomic E-state index is 12.7. The first-order valence-electron chi connectivity index (χ1n) is 8.80. The zero-order valence-corrected chi connectivity index (χ0v) is 15.4. The van der Waals surface area contributed by atoms with Crippen LogP contribution >= 0.6 is 11.8 Å². The van der Waals surface area contributed by atoms with Crippen molar-refractivity contribution in [3.05, 3.63) is 29.8 Å². The number of para-hydroxylation sites is 1. The van der Waals surface area contributed by atoms with Crippen LogP contribution in [-0.4, -0.2) is 42.2 Å². The number of amides is 3. The summed E-state index contributed by atoms with van der Waals surface area (Å²) >= 11 is 1.53. The van der Waals surface area contributed by atoms with Crippen LogP contribution in [0.4, 0.5) is 10.5 Å². The summed E-state index contributed by atoms with van der Waals surface area (Å²) in [6.45, 7) is 2.45. The summed E-state index contributed by atoms with van der Waals surface area (Å²) in [5, 5.41) is 8.19. The summed E-state index contributed by atoms with van der Waals surface area (Å²) in [6, 6.07) is 7.95. The molecule has 7 nitrogen and oxygen atoms in total. The van der Waals surface area contributed by atoms with Gasteiger partial charge >= 0.3 is 6.09 Å². The number of carbonyl (C=O) groups excluding carboxylic acids is 3. The van der Waals surface area contributed by atoms with Gasteiger partial charge in [-0.05, 0) is 37.1 Å². The van der Waals surface area contributed by atoms with Crippen LogP contribution < -0.4 is 16.0 Å². The van der Waals surface area contributed by atoms with E-state index in [0.29, 0.717) is 19.4 Å². The predicted molar refractivity (Wildman–Crippen MR) is 99.8 cm³/mol. The first-order valence-corrected chi connectivity index (χ1v) is 9.84. The van der Waals surface area contributed by atoms with E-state index in [1.807, 2.05) is 24.3 Å². The van der Waals surface area contributed by atoms with E-state index in [2.05, 4.69) is 16.0 Å². The third kappa shape index (κ3) is 4.30. The Morgan fingerprint density at radius 1 is 1.27 bits per heavy atom. The molecule has 0 aromatic heterocycles. The summed E-state index contributed by atoms with van der Waals surface area (Å²) in [4.78, 5) is 36.4. The molecular formula is C18H23N3O4S. The van der Waals surface area contributed by atoms with Gasteiger partial charge in [0, 0.05) is 12.2 Å². The van der Waals surface area contributed by atoms with Gasteiger partial charge in [0.15, 0.2) is 0 Å². The normalized spacial score (nSPS) is 24.1. The molecule has 1 saturated heterocycles. The van der Waals surface area contributed by atoms with E-state index < -0.39 is 17.9 Å². The number of hydrogen-bond acceptors (Lipinski definition) is 6. The number of alkyl carbamates (subject to hydrolysis) is 1. The van der Waals surface area contributed by atoms with Gasteiger partial charge in [0.1, 0.15) is 0 Å². The Balaban J connectivity index is 1.57. The minimum atomic E-state index is -0.743. The lowest BCUT2D eigenvalue weighted by atomic mass is 9.93. The van der Waals surface area contributed by atoms with E-state index >= 15 is 0 Å². The highest BCUT2D eigenvalue weighted by atomic mass is 32.2. The molecule has 0 spiro atoms. The molecule has 2 aliphatic heterocycles. The number of thioether (sulfide) groups is 1. The highest BCUT2D eigenvalue weighted by Crippen LogP contribution is 2.31. The van der Waals surface area contributed by atoms with Crippen LogP contribution in [0.3, 0.4) is 0 Å². The van der Waals surface area contributed by atoms with Gasteiger partial charge in [-0.3, -0.25) is 14.9 Å². The van der Waals surface area contributed by atoms with Crippen molar-refractivity contribution in [2.45, 2.75) is 25.1 Å². The summed E-state index contributed by atoms with van der Waals surface area (Å²) < 4.78 is 4.74. The molecule has 3 unspecified atom stereocenters. The summed E-state index contributed by atoms with van der Waals surface area (Å²) in [5.74, 6) is -0.319. The molecule has 0 saturated carbocycles. The fraction of sp³-hybridized carbons (Fsp3) is 0.500. The van der Waals surface area contributed by atoms with E-state index in [4.69, 9.17) is 4.74 Å². The Kier molecular flexibility index (Phi) is 6.03. The highest BCUT2D eigenvalue weighted by molar-refractivity contribution is 8.00. The van der Waals surface area contributed by atoms with Crippen LogP contribution in [0.1, 0.15) is 18.9 Å². The molecule has 0 radical (unpaired) electrons. The van der Waals surface area contributed by atoms with Gasteiger partial charge in [0.25, 0.3) is 0 Å². The van der Waals surface area contributed by atoms with Gasteiger partial charge in [-0.2, -0.15) is 0 Å². The molecule has 1 aromatic carbocycles. The van der Waals surface area contributed by atoms with Crippen LogP contribution in [0.15, 0.2) is 24.3 Å². The number of imide groups is 1. The molecule has 3 amide bonds. The Bertz CT molecular complexity index is 697. The third-order valence-corrected chi connectivity index (χ3v) is 5.88. The SMILES string of the molecule is CCOC(=O)NC(=O)C1CCSC1NC(=O)C1CNc2ccccc2C1. The Hall–Kier alpha value is -2.22. The fourth-order valence-electron chi connectivity index (χ4n) is 3.25. The number of anilines is 1. The summed E-state index contributed by atoms with van der Waals surface area (Å²) in [5.41, 5.74) is 2.19. The minimum Gasteiger partial charge on any atom is -0.450 e. The molecule has 140 valence electrons. The van der Waals surface area contributed by atoms with Crippen molar-refractivity contribution in [2.24, 2.45) is 11.8 Å². The zero-order chi connectivity index (χ0) is 18.5. The molecule has 3 N–H and O–H groups in total. The van der Waals surface area contributed by atoms with Crippen molar-refractivity contribution in [1.29, 1.82) is 0 Å². The van der Waals surface area contributed by atoms with E-state index in [9.17, 15) is 14.4 Å². The van der Waals surface area contributed by atoms with Crippen LogP contribution in [0.25, 0.3) is 0 Å². The molecule has 8 heteroatoms. The van der Waals surface area contributed by atoms with Crippen LogP contribution in [0.5, 0.6) is 0 Å². The van der Waals surface area contributed by atoms with Gasteiger partial charge in [-0.25, -0.2) is 4.79 Å². The van der Waals surface area contributed by atoms with E-state index in [1.165, 1.54) is 11.8 Å². The molecule has 0 bridgehead atoms. The molecule has 1 fully saturated rings. The van der Waals surface area contributed by atoms with Gasteiger partial charge in [0.2, 0.25) is 11.8 Å². The second kappa shape index (κ2) is 8.44. The van der Waals surface area contributed by atoms with Crippen molar-refractivity contribution in [3.63, 3.8) is 0 Å². The topological polar surface area (TPSA) is 96.5 Å². The van der Waals surface area contributed by atoms with Crippen LogP contribution in [-0.2, 0) is 20.7 Å². The molecule has 1 aromatic rings. The lowest BCUT2D eigenvalue weighted by molar-refractivity contribution is -0.126. The number of nitrogens with one attached hydrogen (secondary N) is 3. The van der Waals surface area contributed by atoms with E-state index in [1.54, 1.807) is 6.92 Å². The summed E-state index contributed by atoms with van der Waals surface area (Å²) in [6.07, 6.45) is 0.547. The lowest BCUT2D eigenvalue weighted by Gasteiger charge is -2.27. The molecule has 3 rings (SSSR count). The third-order valence-electron chi connectivity index (χ3n) is 4.61. The Morgan fingerprint density at radius 3 is 2.88 bits per heavy atom. The monoisotopic (exact) mass is 377 g/mol. The van der Waals surface area contributed by atoms with Crippen molar-refractivity contribution in [1.82, 2.24) is 10.6 Å². The second-order valence-electron chi connectivity index (χ2n) is 6.34. The fourth-order valence-corrected chi connectivity index (χ4v) is 4.58. The maximum atomic E-state index is 12.7. The Labute approximate surface area is 156 Å². The standard InChI is InChI=1S/C18H23N3O4S/c1-2-25-18(24)21-16(23)13-7-8-26-17(13)20-15(22)12-9-11-5-3-4-6-14(11)19-10-12/h3-6,12-13,17,19H,2,7-10H2,1H3,(H,20,22)(H,21,23,24). The average molecular weight is 377 g/mol. The first kappa shape index (κ1) is 18.6. The highest BCUT2D eigenvalue weighted by Gasteiger charge is 2.37. The van der Waals surface area contributed by atoms with Gasteiger partial charge in [0.05, 0.1) is 23.8 Å². The molecule has 0 aliphatic carbocycles. The largest absolute Gasteiger partial charge is 0.450 e. The molecular weight excluding hydrogens is 354 g/mol. The Morgan fingerprint density at radius 2 is 2.08 bits per heavy atom. The van der Waals surface area contributed by atoms with Crippen molar-refractivity contribution >= 4 is 35.4 Å². The number of carbonyl (C=O) groups is 3. The smallest absolute Gasteiger partial charge is 0.413 e. The molecule has 2 aliphatic rings. The van der Waals surface area contributed by atoms with Crippen LogP contribution in [0, 0.1) is 11.8 Å². The number of hydrogen-bond donors (Lipinski definition) is 3. The number of fused-ring (bicyclic) bond motifs is 1. The first-order chi connectivity index (χ1) is 12.6. The molecule has 3 atom stereocenters. The lowest BCUT2D eigenvalue weighted by Crippen LogP contribution is -2.47. The maximum Gasteiger partial charge on any atom is 0.413 e. The quantitative estimate of drug-likeness (QED) is 0.740. The van der Waals surface area contributed by atoms with E-state index in [0.717, 1.165) is 17.0 Å². The molecule has 2 heterocycles. The average Bonchev–Trinajstić information content (AvgIpc) is 3.09.